The number of primary amides is 1. The summed E-state index contributed by atoms with van der Waals surface area (Å²) < 4.78 is 11.3. The van der Waals surface area contributed by atoms with Crippen LogP contribution in [0.3, 0.4) is 0 Å². The van der Waals surface area contributed by atoms with E-state index < -0.39 is 41.1 Å². The Balaban J connectivity index is 1.43. The normalized spacial score (nSPS) is 11.2. The number of carbonyl (C=O) groups excluding carboxylic acids is 8. The van der Waals surface area contributed by atoms with E-state index in [4.69, 9.17) is 26.2 Å². The third kappa shape index (κ3) is 22.0. The third-order valence-corrected chi connectivity index (χ3v) is 10.3. The lowest BCUT2D eigenvalue weighted by molar-refractivity contribution is -0.130. The maximum absolute atomic E-state index is 12.9. The van der Waals surface area contributed by atoms with Crippen LogP contribution in [0.1, 0.15) is 113 Å². The molecule has 65 heavy (non-hydrogen) atoms. The van der Waals surface area contributed by atoms with E-state index in [2.05, 4.69) is 26.0 Å². The van der Waals surface area contributed by atoms with Gasteiger partial charge >= 0.3 is 5.63 Å². The molecule has 0 spiro atoms. The molecule has 350 valence electrons. The summed E-state index contributed by atoms with van der Waals surface area (Å²) in [6.07, 6.45) is 5.66. The molecule has 0 radical (unpaired) electrons. The number of unbranched alkanes of at least 4 members (excludes halogenated alkanes) is 4. The summed E-state index contributed by atoms with van der Waals surface area (Å²) in [5, 5.41) is 11.4. The average molecular weight is 901 g/mol. The van der Waals surface area contributed by atoms with Crippen molar-refractivity contribution in [2.45, 2.75) is 122 Å². The Morgan fingerprint density at radius 1 is 0.692 bits per heavy atom. The second kappa shape index (κ2) is 29.6. The van der Waals surface area contributed by atoms with E-state index in [1.165, 1.54) is 6.07 Å². The van der Waals surface area contributed by atoms with Gasteiger partial charge in [-0.1, -0.05) is 35.8 Å². The van der Waals surface area contributed by atoms with Crippen LogP contribution in [0.4, 0.5) is 0 Å². The van der Waals surface area contributed by atoms with Crippen molar-refractivity contribution in [2.24, 2.45) is 16.6 Å². The van der Waals surface area contributed by atoms with Gasteiger partial charge in [0.05, 0.1) is 25.6 Å². The standard InChI is InChI=1S/C46H60N8O11/c47-22-6-5-11-39(40(58)18-21-43(60)51-29-42(48)59)53-44(61)20-16-36(57)28-50-45(62)25-33-26-46(63)65-41-19-17-37(27-38(33)41)64-30-32-14-12-31(13-15-32)24-35(56)10-4-3-9-34(55)8-2-1-7-23-52-54-49/h12-15,17,19,26-27,39H,1-11,16,18,20-25,28-30,47H2,(H2,48,59)(H,50,62)(H,51,60)(H,53,61)/t39-/m1/s1. The van der Waals surface area contributed by atoms with Gasteiger partial charge in [0.2, 0.25) is 23.6 Å². The highest BCUT2D eigenvalue weighted by Crippen LogP contribution is 2.24. The van der Waals surface area contributed by atoms with E-state index in [1.807, 2.05) is 24.3 Å². The number of carbonyl (C=O) groups is 8. The molecule has 0 aliphatic heterocycles. The van der Waals surface area contributed by atoms with E-state index in [0.29, 0.717) is 74.7 Å². The van der Waals surface area contributed by atoms with Gasteiger partial charge in [0.25, 0.3) is 0 Å². The number of nitrogens with two attached hydrogens (primary N) is 2. The van der Waals surface area contributed by atoms with E-state index in [-0.39, 0.29) is 87.6 Å². The molecular weight excluding hydrogens is 841 g/mol. The lowest BCUT2D eigenvalue weighted by atomic mass is 10.0. The second-order valence-corrected chi connectivity index (χ2v) is 15.7. The monoisotopic (exact) mass is 900 g/mol. The number of hydrogen-bond donors (Lipinski definition) is 5. The van der Waals surface area contributed by atoms with Gasteiger partial charge in [0, 0.05) is 74.3 Å². The number of hydrogen-bond acceptors (Lipinski definition) is 13. The first-order valence-corrected chi connectivity index (χ1v) is 21.9. The van der Waals surface area contributed by atoms with Crippen molar-refractivity contribution in [1.82, 2.24) is 16.0 Å². The van der Waals surface area contributed by atoms with Gasteiger partial charge in [-0.15, -0.1) is 0 Å². The van der Waals surface area contributed by atoms with Crippen LogP contribution in [0.2, 0.25) is 0 Å². The molecule has 7 N–H and O–H groups in total. The van der Waals surface area contributed by atoms with Crippen LogP contribution >= 0.6 is 0 Å². The molecule has 3 rings (SSSR count). The van der Waals surface area contributed by atoms with Crippen molar-refractivity contribution >= 4 is 57.7 Å². The van der Waals surface area contributed by atoms with Crippen molar-refractivity contribution in [3.05, 3.63) is 86.1 Å². The van der Waals surface area contributed by atoms with Crippen LogP contribution in [0, 0.1) is 0 Å². The molecule has 0 bridgehead atoms. The number of fused-ring (bicyclic) bond motifs is 1. The molecule has 1 aromatic heterocycles. The summed E-state index contributed by atoms with van der Waals surface area (Å²) in [4.78, 5) is 114. The molecule has 1 heterocycles. The van der Waals surface area contributed by atoms with Gasteiger partial charge in [0.15, 0.2) is 11.6 Å². The maximum atomic E-state index is 12.9. The van der Waals surface area contributed by atoms with E-state index >= 15 is 0 Å². The number of azide groups is 1. The number of ketones is 4. The van der Waals surface area contributed by atoms with Crippen LogP contribution in [-0.4, -0.2) is 79.0 Å². The zero-order valence-electron chi connectivity index (χ0n) is 36.7. The highest BCUT2D eigenvalue weighted by Gasteiger charge is 2.22. The van der Waals surface area contributed by atoms with Gasteiger partial charge in [-0.2, -0.15) is 0 Å². The molecule has 0 unspecified atom stereocenters. The molecular formula is C46H60N8O11. The molecule has 0 saturated heterocycles. The summed E-state index contributed by atoms with van der Waals surface area (Å²) in [5.41, 5.74) is 20.5. The second-order valence-electron chi connectivity index (χ2n) is 15.7. The first-order valence-electron chi connectivity index (χ1n) is 21.9. The van der Waals surface area contributed by atoms with Crippen LogP contribution in [0.15, 0.2) is 62.9 Å². The van der Waals surface area contributed by atoms with E-state index in [0.717, 1.165) is 30.4 Å². The number of benzene rings is 2. The molecule has 19 nitrogen and oxygen atoms in total. The molecule has 3 aromatic rings. The predicted molar refractivity (Wildman–Crippen MR) is 240 cm³/mol. The first-order chi connectivity index (χ1) is 31.3. The Hall–Kier alpha value is -6.72. The fraction of sp³-hybridized carbons (Fsp3) is 0.500. The average Bonchev–Trinajstić information content (AvgIpc) is 3.28. The zero-order valence-corrected chi connectivity index (χ0v) is 36.7. The number of nitrogens with one attached hydrogen (secondary N) is 3. The largest absolute Gasteiger partial charge is 0.489 e. The number of amides is 4. The third-order valence-electron chi connectivity index (χ3n) is 10.3. The van der Waals surface area contributed by atoms with Crippen molar-refractivity contribution in [3.63, 3.8) is 0 Å². The Labute approximate surface area is 376 Å². The quantitative estimate of drug-likeness (QED) is 0.0186. The first kappa shape index (κ1) is 52.6. The minimum Gasteiger partial charge on any atom is -0.489 e. The van der Waals surface area contributed by atoms with Crippen LogP contribution in [0.25, 0.3) is 21.4 Å². The number of Topliss-reactive ketones (excluding diaryl/α,β-unsaturated/α-hetero) is 4. The minimum atomic E-state index is -0.897. The summed E-state index contributed by atoms with van der Waals surface area (Å²) >= 11 is 0. The predicted octanol–water partition coefficient (Wildman–Crippen LogP) is 4.06. The molecule has 0 fully saturated rings. The Kier molecular flexibility index (Phi) is 24.0. The SMILES string of the molecule is [N-]=[N+]=NCCCCCC(=O)CCCCC(=O)Cc1ccc(COc2ccc3oc(=O)cc(CC(=O)NCC(=O)CCC(=O)N[C@H](CCCCN)C(=O)CCC(=O)NCC(N)=O)c3c2)cc1. The lowest BCUT2D eigenvalue weighted by Crippen LogP contribution is -2.42. The Morgan fingerprint density at radius 2 is 1.37 bits per heavy atom. The van der Waals surface area contributed by atoms with Gasteiger partial charge in [-0.3, -0.25) is 38.4 Å². The molecule has 0 aliphatic rings. The molecule has 4 amide bonds. The van der Waals surface area contributed by atoms with E-state index in [9.17, 15) is 43.2 Å². The fourth-order valence-electron chi connectivity index (χ4n) is 6.71. The van der Waals surface area contributed by atoms with Crippen LogP contribution in [0.5, 0.6) is 5.75 Å². The summed E-state index contributed by atoms with van der Waals surface area (Å²) in [6.45, 7) is 0.288. The molecule has 0 saturated carbocycles. The minimum absolute atomic E-state index is 0.0937. The summed E-state index contributed by atoms with van der Waals surface area (Å²) in [5.74, 6) is -2.49. The van der Waals surface area contributed by atoms with Crippen molar-refractivity contribution in [2.75, 3.05) is 26.2 Å². The van der Waals surface area contributed by atoms with Crippen molar-refractivity contribution in [3.8, 4) is 5.75 Å². The highest BCUT2D eigenvalue weighted by molar-refractivity contribution is 5.94. The van der Waals surface area contributed by atoms with Crippen LogP contribution < -0.4 is 37.8 Å². The van der Waals surface area contributed by atoms with Crippen molar-refractivity contribution < 1.29 is 47.5 Å². The fourth-order valence-corrected chi connectivity index (χ4v) is 6.71. The lowest BCUT2D eigenvalue weighted by Gasteiger charge is -2.17. The van der Waals surface area contributed by atoms with Gasteiger partial charge in [0.1, 0.15) is 29.5 Å². The summed E-state index contributed by atoms with van der Waals surface area (Å²) in [7, 11) is 0. The number of ether oxygens (including phenoxy) is 1. The zero-order chi connectivity index (χ0) is 47.4. The van der Waals surface area contributed by atoms with Gasteiger partial charge in [-0.25, -0.2) is 4.79 Å². The van der Waals surface area contributed by atoms with E-state index in [1.54, 1.807) is 18.2 Å². The Bertz CT molecular complexity index is 2220. The molecule has 2 aromatic carbocycles. The van der Waals surface area contributed by atoms with Gasteiger partial charge < -0.3 is 36.6 Å². The van der Waals surface area contributed by atoms with Crippen molar-refractivity contribution in [1.29, 1.82) is 0 Å². The molecule has 19 heteroatoms. The highest BCUT2D eigenvalue weighted by atomic mass is 16.5. The molecule has 0 aliphatic carbocycles. The smallest absolute Gasteiger partial charge is 0.336 e. The maximum Gasteiger partial charge on any atom is 0.336 e. The molecule has 1 atom stereocenters. The van der Waals surface area contributed by atoms with Gasteiger partial charge in [-0.05, 0) is 91.9 Å². The topological polar surface area (TPSA) is 313 Å². The number of nitrogens with zero attached hydrogens (tertiary/aromatic N) is 3. The summed E-state index contributed by atoms with van der Waals surface area (Å²) in [6, 6.07) is 12.6. The number of rotatable bonds is 34. The Morgan fingerprint density at radius 3 is 2.08 bits per heavy atom. The van der Waals surface area contributed by atoms with Crippen LogP contribution in [-0.2, 0) is 57.8 Å².